The van der Waals surface area contributed by atoms with E-state index in [1.165, 1.54) is 12.1 Å². The SMILES string of the molecule is O=C(CC(C(=O)O)c1ccccc1)NCCC[C@H](NS(=O)(=O)c1ccc(-c2ccc(Cl)cc2)cc1)C(=O)O. The van der Waals surface area contributed by atoms with Crippen molar-refractivity contribution in [3.63, 3.8) is 0 Å². The minimum atomic E-state index is -4.12. The average molecular weight is 559 g/mol. The Balaban J connectivity index is 1.53. The van der Waals surface area contributed by atoms with Gasteiger partial charge in [0, 0.05) is 18.0 Å². The molecule has 0 bridgehead atoms. The Morgan fingerprint density at radius 1 is 0.816 bits per heavy atom. The van der Waals surface area contributed by atoms with Crippen molar-refractivity contribution in [2.45, 2.75) is 36.1 Å². The molecule has 0 saturated carbocycles. The smallest absolute Gasteiger partial charge is 0.321 e. The molecule has 4 N–H and O–H groups in total. The Bertz CT molecular complexity index is 1360. The first-order chi connectivity index (χ1) is 18.1. The number of halogens is 1. The third-order valence-electron chi connectivity index (χ3n) is 5.82. The van der Waals surface area contributed by atoms with Crippen LogP contribution in [0.5, 0.6) is 0 Å². The highest BCUT2D eigenvalue weighted by Crippen LogP contribution is 2.23. The van der Waals surface area contributed by atoms with Crippen LogP contribution in [0.3, 0.4) is 0 Å². The molecule has 3 aromatic carbocycles. The number of amides is 1. The van der Waals surface area contributed by atoms with Crippen LogP contribution in [0.4, 0.5) is 0 Å². The minimum absolute atomic E-state index is 0.0568. The number of carbonyl (C=O) groups excluding carboxylic acids is 1. The van der Waals surface area contributed by atoms with Crippen molar-refractivity contribution in [2.75, 3.05) is 6.54 Å². The lowest BCUT2D eigenvalue weighted by atomic mass is 9.95. The largest absolute Gasteiger partial charge is 0.481 e. The highest BCUT2D eigenvalue weighted by Gasteiger charge is 2.26. The van der Waals surface area contributed by atoms with Crippen LogP contribution in [0.15, 0.2) is 83.8 Å². The zero-order valence-corrected chi connectivity index (χ0v) is 21.8. The van der Waals surface area contributed by atoms with E-state index in [0.29, 0.717) is 10.6 Å². The van der Waals surface area contributed by atoms with Gasteiger partial charge in [0.15, 0.2) is 0 Å². The molecule has 0 aromatic heterocycles. The maximum absolute atomic E-state index is 12.8. The number of hydrogen-bond acceptors (Lipinski definition) is 5. The third-order valence-corrected chi connectivity index (χ3v) is 7.56. The fraction of sp³-hybridized carbons (Fsp3) is 0.222. The van der Waals surface area contributed by atoms with Gasteiger partial charge in [-0.3, -0.25) is 14.4 Å². The highest BCUT2D eigenvalue weighted by atomic mass is 35.5. The van der Waals surface area contributed by atoms with E-state index < -0.39 is 39.8 Å². The lowest BCUT2D eigenvalue weighted by Crippen LogP contribution is -2.41. The van der Waals surface area contributed by atoms with E-state index >= 15 is 0 Å². The summed E-state index contributed by atoms with van der Waals surface area (Å²) in [7, 11) is -4.12. The Labute approximate surface area is 225 Å². The van der Waals surface area contributed by atoms with Gasteiger partial charge in [0.2, 0.25) is 15.9 Å². The molecule has 0 aliphatic carbocycles. The molecule has 3 rings (SSSR count). The van der Waals surface area contributed by atoms with Gasteiger partial charge in [-0.05, 0) is 53.8 Å². The number of rotatable bonds is 13. The molecular formula is C27H27ClN2O7S. The molecule has 9 nitrogen and oxygen atoms in total. The summed E-state index contributed by atoms with van der Waals surface area (Å²) >= 11 is 5.90. The van der Waals surface area contributed by atoms with Gasteiger partial charge < -0.3 is 15.5 Å². The van der Waals surface area contributed by atoms with Crippen molar-refractivity contribution >= 4 is 39.5 Å². The van der Waals surface area contributed by atoms with Crippen LogP contribution in [-0.4, -0.2) is 49.1 Å². The first-order valence-corrected chi connectivity index (χ1v) is 13.6. The van der Waals surface area contributed by atoms with Gasteiger partial charge in [0.1, 0.15) is 6.04 Å². The van der Waals surface area contributed by atoms with Crippen molar-refractivity contribution < 1.29 is 33.0 Å². The second-order valence-electron chi connectivity index (χ2n) is 8.54. The zero-order chi connectivity index (χ0) is 27.7. The van der Waals surface area contributed by atoms with Gasteiger partial charge in [-0.25, -0.2) is 8.42 Å². The first-order valence-electron chi connectivity index (χ1n) is 11.7. The summed E-state index contributed by atoms with van der Waals surface area (Å²) in [5.41, 5.74) is 2.11. The summed E-state index contributed by atoms with van der Waals surface area (Å²) in [5.74, 6) is -4.00. The van der Waals surface area contributed by atoms with E-state index in [2.05, 4.69) is 10.0 Å². The maximum atomic E-state index is 12.8. The predicted octanol–water partition coefficient (Wildman–Crippen LogP) is 3.89. The number of nitrogens with one attached hydrogen (secondary N) is 2. The quantitative estimate of drug-likeness (QED) is 0.232. The number of carbonyl (C=O) groups is 3. The van der Waals surface area contributed by atoms with Gasteiger partial charge in [-0.2, -0.15) is 4.72 Å². The van der Waals surface area contributed by atoms with Gasteiger partial charge >= 0.3 is 11.9 Å². The Hall–Kier alpha value is -3.73. The molecule has 2 atom stereocenters. The molecule has 0 spiro atoms. The van der Waals surface area contributed by atoms with Crippen LogP contribution in [0.1, 0.15) is 30.7 Å². The van der Waals surface area contributed by atoms with E-state index in [4.69, 9.17) is 11.6 Å². The van der Waals surface area contributed by atoms with Crippen LogP contribution in [-0.2, 0) is 24.4 Å². The molecule has 3 aromatic rings. The molecule has 0 saturated heterocycles. The molecule has 200 valence electrons. The van der Waals surface area contributed by atoms with Crippen molar-refractivity contribution in [1.29, 1.82) is 0 Å². The molecule has 1 unspecified atom stereocenters. The van der Waals surface area contributed by atoms with Gasteiger partial charge in [-0.15, -0.1) is 0 Å². The van der Waals surface area contributed by atoms with Crippen LogP contribution in [0.25, 0.3) is 11.1 Å². The molecule has 0 radical (unpaired) electrons. The van der Waals surface area contributed by atoms with E-state index in [-0.39, 0.29) is 30.7 Å². The molecule has 1 amide bonds. The summed E-state index contributed by atoms with van der Waals surface area (Å²) in [6, 6.07) is 20.0. The zero-order valence-electron chi connectivity index (χ0n) is 20.2. The second kappa shape index (κ2) is 13.2. The minimum Gasteiger partial charge on any atom is -0.481 e. The summed E-state index contributed by atoms with van der Waals surface area (Å²) in [6.07, 6.45) is -0.205. The number of aliphatic carboxylic acids is 2. The molecule has 0 aliphatic heterocycles. The Kier molecular flexibility index (Phi) is 10.0. The predicted molar refractivity (Wildman–Crippen MR) is 142 cm³/mol. The van der Waals surface area contributed by atoms with Crippen molar-refractivity contribution in [1.82, 2.24) is 10.0 Å². The van der Waals surface area contributed by atoms with Gasteiger partial charge in [0.05, 0.1) is 10.8 Å². The lowest BCUT2D eigenvalue weighted by molar-refractivity contribution is -0.141. The summed E-state index contributed by atoms with van der Waals surface area (Å²) < 4.78 is 27.8. The lowest BCUT2D eigenvalue weighted by Gasteiger charge is -2.16. The van der Waals surface area contributed by atoms with Gasteiger partial charge in [0.25, 0.3) is 0 Å². The molecular weight excluding hydrogens is 532 g/mol. The monoisotopic (exact) mass is 558 g/mol. The number of hydrogen-bond donors (Lipinski definition) is 4. The van der Waals surface area contributed by atoms with Crippen molar-refractivity contribution in [3.8, 4) is 11.1 Å². The fourth-order valence-electron chi connectivity index (χ4n) is 3.78. The molecule has 0 aliphatic rings. The van der Waals surface area contributed by atoms with Crippen molar-refractivity contribution in [3.05, 3.63) is 89.4 Å². The Morgan fingerprint density at radius 3 is 1.95 bits per heavy atom. The molecule has 11 heteroatoms. The molecule has 38 heavy (non-hydrogen) atoms. The highest BCUT2D eigenvalue weighted by molar-refractivity contribution is 7.89. The number of carboxylic acids is 2. The maximum Gasteiger partial charge on any atom is 0.321 e. The summed E-state index contributed by atoms with van der Waals surface area (Å²) in [4.78, 5) is 35.4. The topological polar surface area (TPSA) is 150 Å². The molecule has 0 heterocycles. The summed E-state index contributed by atoms with van der Waals surface area (Å²) in [6.45, 7) is 0.0568. The first kappa shape index (κ1) is 28.8. The van der Waals surface area contributed by atoms with E-state index in [9.17, 15) is 33.0 Å². The van der Waals surface area contributed by atoms with E-state index in [1.54, 1.807) is 66.7 Å². The normalized spacial score (nSPS) is 12.9. The van der Waals surface area contributed by atoms with Gasteiger partial charge in [-0.1, -0.05) is 66.2 Å². The van der Waals surface area contributed by atoms with Crippen LogP contribution in [0, 0.1) is 0 Å². The Morgan fingerprint density at radius 2 is 1.39 bits per heavy atom. The summed E-state index contributed by atoms with van der Waals surface area (Å²) in [5, 5.41) is 22.1. The van der Waals surface area contributed by atoms with Crippen LogP contribution in [0.2, 0.25) is 5.02 Å². The fourth-order valence-corrected chi connectivity index (χ4v) is 5.13. The van der Waals surface area contributed by atoms with Crippen LogP contribution >= 0.6 is 11.6 Å². The van der Waals surface area contributed by atoms with E-state index in [0.717, 1.165) is 11.1 Å². The van der Waals surface area contributed by atoms with Crippen LogP contribution < -0.4 is 10.0 Å². The average Bonchev–Trinajstić information content (AvgIpc) is 2.89. The van der Waals surface area contributed by atoms with E-state index in [1.807, 2.05) is 0 Å². The molecule has 0 fully saturated rings. The number of benzene rings is 3. The standard InChI is InChI=1S/C27H27ClN2O7S/c28-21-12-8-18(9-13-21)19-10-14-22(15-11-19)38(36,37)30-24(27(34)35)7-4-16-29-25(31)17-23(26(32)33)20-5-2-1-3-6-20/h1-3,5-6,8-15,23-24,30H,4,7,16-17H2,(H,29,31)(H,32,33)(H,34,35)/t23?,24-/m0/s1. The number of sulfonamides is 1. The third kappa shape index (κ3) is 8.14. The van der Waals surface area contributed by atoms with Crippen molar-refractivity contribution in [2.24, 2.45) is 0 Å². The second-order valence-corrected chi connectivity index (χ2v) is 10.7. The number of carboxylic acid groups (broad SMARTS) is 2.